The second kappa shape index (κ2) is 12.5. The Kier molecular flexibility index (Phi) is 10.1. The lowest BCUT2D eigenvalue weighted by Gasteiger charge is -2.22. The van der Waals surface area contributed by atoms with Crippen LogP contribution in [0.3, 0.4) is 0 Å². The summed E-state index contributed by atoms with van der Waals surface area (Å²) in [5.74, 6) is 1.62. The SMILES string of the molecule is CCCN(CCC)C(=O)CCc1cc(Br)cc(OC)c1OCCc1ccccc1. The van der Waals surface area contributed by atoms with E-state index in [4.69, 9.17) is 9.47 Å². The molecule has 0 aliphatic carbocycles. The van der Waals surface area contributed by atoms with Gasteiger partial charge in [-0.25, -0.2) is 0 Å². The van der Waals surface area contributed by atoms with Gasteiger partial charge < -0.3 is 14.4 Å². The molecule has 0 heterocycles. The molecule has 0 aliphatic heterocycles. The molecule has 4 nitrogen and oxygen atoms in total. The normalized spacial score (nSPS) is 10.6. The number of carbonyl (C=O) groups is 1. The Bertz CT molecular complexity index is 758. The highest BCUT2D eigenvalue weighted by Crippen LogP contribution is 2.36. The molecule has 158 valence electrons. The maximum atomic E-state index is 12.7. The van der Waals surface area contributed by atoms with Gasteiger partial charge in [-0.05, 0) is 42.5 Å². The Morgan fingerprint density at radius 1 is 1.03 bits per heavy atom. The predicted molar refractivity (Wildman–Crippen MR) is 122 cm³/mol. The summed E-state index contributed by atoms with van der Waals surface area (Å²) in [4.78, 5) is 14.7. The molecule has 1 amide bonds. The fourth-order valence-electron chi connectivity index (χ4n) is 3.34. The van der Waals surface area contributed by atoms with Crippen LogP contribution in [0.25, 0.3) is 0 Å². The quantitative estimate of drug-likeness (QED) is 0.409. The van der Waals surface area contributed by atoms with Gasteiger partial charge in [0.2, 0.25) is 5.91 Å². The van der Waals surface area contributed by atoms with Crippen molar-refractivity contribution in [3.8, 4) is 11.5 Å². The largest absolute Gasteiger partial charge is 0.493 e. The molecule has 0 fully saturated rings. The maximum Gasteiger partial charge on any atom is 0.222 e. The zero-order valence-electron chi connectivity index (χ0n) is 17.7. The first-order valence-electron chi connectivity index (χ1n) is 10.4. The third-order valence-corrected chi connectivity index (χ3v) is 5.20. The molecule has 29 heavy (non-hydrogen) atoms. The highest BCUT2D eigenvalue weighted by atomic mass is 79.9. The van der Waals surface area contributed by atoms with Crippen molar-refractivity contribution in [1.29, 1.82) is 0 Å². The average Bonchev–Trinajstić information content (AvgIpc) is 2.73. The Morgan fingerprint density at radius 2 is 1.72 bits per heavy atom. The van der Waals surface area contributed by atoms with E-state index in [0.717, 1.165) is 48.1 Å². The first kappa shape index (κ1) is 23.3. The number of amides is 1. The highest BCUT2D eigenvalue weighted by molar-refractivity contribution is 9.10. The topological polar surface area (TPSA) is 38.8 Å². The summed E-state index contributed by atoms with van der Waals surface area (Å²) in [6.45, 7) is 6.39. The molecule has 5 heteroatoms. The van der Waals surface area contributed by atoms with Crippen molar-refractivity contribution in [2.45, 2.75) is 46.0 Å². The molecule has 0 atom stereocenters. The first-order chi connectivity index (χ1) is 14.1. The molecule has 2 aromatic carbocycles. The molecule has 0 aliphatic rings. The summed E-state index contributed by atoms with van der Waals surface area (Å²) >= 11 is 3.55. The lowest BCUT2D eigenvalue weighted by atomic mass is 10.1. The van der Waals surface area contributed by atoms with Crippen LogP contribution in [0, 0.1) is 0 Å². The minimum absolute atomic E-state index is 0.197. The number of halogens is 1. The van der Waals surface area contributed by atoms with Crippen molar-refractivity contribution >= 4 is 21.8 Å². The monoisotopic (exact) mass is 461 g/mol. The zero-order chi connectivity index (χ0) is 21.1. The third kappa shape index (κ3) is 7.39. The van der Waals surface area contributed by atoms with E-state index in [1.165, 1.54) is 5.56 Å². The van der Waals surface area contributed by atoms with E-state index in [0.29, 0.717) is 25.2 Å². The Balaban J connectivity index is 2.09. The van der Waals surface area contributed by atoms with Gasteiger partial charge >= 0.3 is 0 Å². The molecule has 2 aromatic rings. The summed E-state index contributed by atoms with van der Waals surface area (Å²) in [5, 5.41) is 0. The molecule has 0 aromatic heterocycles. The van der Waals surface area contributed by atoms with E-state index in [2.05, 4.69) is 41.9 Å². The molecule has 2 rings (SSSR count). The molecule has 0 bridgehead atoms. The van der Waals surface area contributed by atoms with Gasteiger partial charge in [0.15, 0.2) is 11.5 Å². The second-order valence-electron chi connectivity index (χ2n) is 7.06. The van der Waals surface area contributed by atoms with E-state index in [9.17, 15) is 4.79 Å². The number of ether oxygens (including phenoxy) is 2. The van der Waals surface area contributed by atoms with Crippen LogP contribution >= 0.6 is 15.9 Å². The molecular weight excluding hydrogens is 430 g/mol. The zero-order valence-corrected chi connectivity index (χ0v) is 19.3. The highest BCUT2D eigenvalue weighted by Gasteiger charge is 2.17. The number of nitrogens with zero attached hydrogens (tertiary/aromatic N) is 1. The molecule has 0 saturated heterocycles. The summed E-state index contributed by atoms with van der Waals surface area (Å²) in [6.07, 6.45) is 3.86. The van der Waals surface area contributed by atoms with Crippen LogP contribution in [0.1, 0.15) is 44.2 Å². The van der Waals surface area contributed by atoms with E-state index < -0.39 is 0 Å². The summed E-state index contributed by atoms with van der Waals surface area (Å²) in [5.41, 5.74) is 2.22. The van der Waals surface area contributed by atoms with Crippen LogP contribution in [0.4, 0.5) is 0 Å². The standard InChI is InChI=1S/C24H32BrNO3/c1-4-14-26(15-5-2)23(27)12-11-20-17-21(25)18-22(28-3)24(20)29-16-13-19-9-7-6-8-10-19/h6-10,17-18H,4-5,11-16H2,1-3H3. The average molecular weight is 462 g/mol. The fraction of sp³-hybridized carbons (Fsp3) is 0.458. The van der Waals surface area contributed by atoms with Crippen LogP contribution in [0.15, 0.2) is 46.9 Å². The van der Waals surface area contributed by atoms with Gasteiger partial charge in [0, 0.05) is 30.4 Å². The van der Waals surface area contributed by atoms with Crippen molar-refractivity contribution in [3.05, 3.63) is 58.1 Å². The minimum atomic E-state index is 0.197. The lowest BCUT2D eigenvalue weighted by Crippen LogP contribution is -2.32. The first-order valence-corrected chi connectivity index (χ1v) is 11.2. The van der Waals surface area contributed by atoms with Crippen molar-refractivity contribution in [2.75, 3.05) is 26.8 Å². The predicted octanol–water partition coefficient (Wildman–Crippen LogP) is 5.66. The number of benzene rings is 2. The number of aryl methyl sites for hydroxylation is 1. The van der Waals surface area contributed by atoms with Gasteiger partial charge in [0.1, 0.15) is 0 Å². The number of methoxy groups -OCH3 is 1. The molecule has 0 saturated carbocycles. The molecule has 0 radical (unpaired) electrons. The van der Waals surface area contributed by atoms with Crippen LogP contribution < -0.4 is 9.47 Å². The van der Waals surface area contributed by atoms with Crippen molar-refractivity contribution in [3.63, 3.8) is 0 Å². The van der Waals surface area contributed by atoms with Gasteiger partial charge in [-0.2, -0.15) is 0 Å². The van der Waals surface area contributed by atoms with E-state index in [1.807, 2.05) is 35.2 Å². The van der Waals surface area contributed by atoms with E-state index >= 15 is 0 Å². The molecular formula is C24H32BrNO3. The number of rotatable bonds is 12. The smallest absolute Gasteiger partial charge is 0.222 e. The van der Waals surface area contributed by atoms with Crippen molar-refractivity contribution < 1.29 is 14.3 Å². The van der Waals surface area contributed by atoms with Crippen LogP contribution in [-0.2, 0) is 17.6 Å². The van der Waals surface area contributed by atoms with Gasteiger partial charge in [0.25, 0.3) is 0 Å². The number of carbonyl (C=O) groups excluding carboxylic acids is 1. The van der Waals surface area contributed by atoms with Crippen LogP contribution in [0.5, 0.6) is 11.5 Å². The van der Waals surface area contributed by atoms with Gasteiger partial charge in [-0.3, -0.25) is 4.79 Å². The van der Waals surface area contributed by atoms with Crippen molar-refractivity contribution in [1.82, 2.24) is 4.90 Å². The minimum Gasteiger partial charge on any atom is -0.493 e. The van der Waals surface area contributed by atoms with Crippen LogP contribution in [0.2, 0.25) is 0 Å². The maximum absolute atomic E-state index is 12.7. The number of hydrogen-bond donors (Lipinski definition) is 0. The molecule has 0 N–H and O–H groups in total. The van der Waals surface area contributed by atoms with Crippen LogP contribution in [-0.4, -0.2) is 37.6 Å². The number of hydrogen-bond acceptors (Lipinski definition) is 3. The van der Waals surface area contributed by atoms with E-state index in [-0.39, 0.29) is 5.91 Å². The fourth-order valence-corrected chi connectivity index (χ4v) is 3.82. The lowest BCUT2D eigenvalue weighted by molar-refractivity contribution is -0.131. The van der Waals surface area contributed by atoms with Gasteiger partial charge in [-0.15, -0.1) is 0 Å². The summed E-state index contributed by atoms with van der Waals surface area (Å²) in [7, 11) is 1.64. The molecule has 0 unspecified atom stereocenters. The van der Waals surface area contributed by atoms with Gasteiger partial charge in [0.05, 0.1) is 13.7 Å². The van der Waals surface area contributed by atoms with Gasteiger partial charge in [-0.1, -0.05) is 60.1 Å². The Morgan fingerprint density at radius 3 is 2.34 bits per heavy atom. The summed E-state index contributed by atoms with van der Waals surface area (Å²) < 4.78 is 12.6. The van der Waals surface area contributed by atoms with E-state index in [1.54, 1.807) is 7.11 Å². The molecule has 0 spiro atoms. The second-order valence-corrected chi connectivity index (χ2v) is 7.98. The summed E-state index contributed by atoms with van der Waals surface area (Å²) in [6, 6.07) is 14.2. The Labute approximate surface area is 183 Å². The third-order valence-electron chi connectivity index (χ3n) is 4.74. The Hall–Kier alpha value is -2.01. The van der Waals surface area contributed by atoms with Crippen molar-refractivity contribution in [2.24, 2.45) is 0 Å².